The summed E-state index contributed by atoms with van der Waals surface area (Å²) in [5, 5.41) is 0. The number of Topliss-reactive ketones (excluding diaryl/α,β-unsaturated/α-hetero) is 1. The first-order valence-corrected chi connectivity index (χ1v) is 5.90. The number of guanidine groups is 1. The van der Waals surface area contributed by atoms with Gasteiger partial charge in [-0.25, -0.2) is 0 Å². The molecule has 0 unspecified atom stereocenters. The van der Waals surface area contributed by atoms with Gasteiger partial charge in [-0.1, -0.05) is 0 Å². The zero-order valence-electron chi connectivity index (χ0n) is 10.9. The molecule has 20 heavy (non-hydrogen) atoms. The van der Waals surface area contributed by atoms with Gasteiger partial charge in [0, 0.05) is 29.2 Å². The Balaban J connectivity index is 2.55. The van der Waals surface area contributed by atoms with E-state index in [-0.39, 0.29) is 17.3 Å². The predicted octanol–water partition coefficient (Wildman–Crippen LogP) is 1.09. The van der Waals surface area contributed by atoms with Crippen molar-refractivity contribution in [3.8, 4) is 5.69 Å². The first-order valence-electron chi connectivity index (χ1n) is 5.90. The van der Waals surface area contributed by atoms with Crippen LogP contribution in [0.25, 0.3) is 5.69 Å². The largest absolute Gasteiger partial charge is 0.370 e. The summed E-state index contributed by atoms with van der Waals surface area (Å²) in [4.78, 5) is 26.9. The molecule has 0 aliphatic heterocycles. The van der Waals surface area contributed by atoms with E-state index in [4.69, 9.17) is 11.5 Å². The van der Waals surface area contributed by atoms with Crippen LogP contribution in [0.1, 0.15) is 27.6 Å². The summed E-state index contributed by atoms with van der Waals surface area (Å²) in [6, 6.07) is 8.50. The van der Waals surface area contributed by atoms with Crippen molar-refractivity contribution in [3.05, 3.63) is 53.9 Å². The molecule has 1 aromatic heterocycles. The molecule has 6 nitrogen and oxygen atoms in total. The zero-order chi connectivity index (χ0) is 14.7. The topological polar surface area (TPSA) is 103 Å². The molecule has 1 amide bonds. The van der Waals surface area contributed by atoms with Gasteiger partial charge in [-0.2, -0.15) is 4.99 Å². The van der Waals surface area contributed by atoms with E-state index in [0.717, 1.165) is 0 Å². The highest BCUT2D eigenvalue weighted by Gasteiger charge is 2.11. The Morgan fingerprint density at radius 3 is 2.20 bits per heavy atom. The number of nitrogens with zero attached hydrogens (tertiary/aromatic N) is 2. The van der Waals surface area contributed by atoms with Crippen molar-refractivity contribution < 1.29 is 9.59 Å². The summed E-state index contributed by atoms with van der Waals surface area (Å²) in [7, 11) is 0. The van der Waals surface area contributed by atoms with E-state index in [2.05, 4.69) is 4.99 Å². The molecule has 0 aliphatic carbocycles. The molecule has 1 aromatic carbocycles. The molecule has 0 atom stereocenters. The van der Waals surface area contributed by atoms with Gasteiger partial charge in [-0.3, -0.25) is 9.59 Å². The minimum atomic E-state index is -0.582. The fourth-order valence-corrected chi connectivity index (χ4v) is 1.78. The summed E-state index contributed by atoms with van der Waals surface area (Å²) < 4.78 is 1.79. The monoisotopic (exact) mass is 270 g/mol. The van der Waals surface area contributed by atoms with Crippen molar-refractivity contribution in [1.29, 1.82) is 0 Å². The Bertz CT molecular complexity index is 683. The van der Waals surface area contributed by atoms with E-state index in [0.29, 0.717) is 11.3 Å². The Kier molecular flexibility index (Phi) is 3.65. The Hall–Kier alpha value is -2.89. The zero-order valence-corrected chi connectivity index (χ0v) is 10.9. The molecule has 2 rings (SSSR count). The molecule has 0 aliphatic rings. The number of nitrogens with two attached hydrogens (primary N) is 2. The third-order valence-electron chi connectivity index (χ3n) is 2.70. The average molecular weight is 270 g/mol. The van der Waals surface area contributed by atoms with Crippen molar-refractivity contribution in [1.82, 2.24) is 4.57 Å². The predicted molar refractivity (Wildman–Crippen MR) is 75.9 cm³/mol. The molecule has 4 N–H and O–H groups in total. The molecular weight excluding hydrogens is 256 g/mol. The molecule has 0 bridgehead atoms. The normalized spacial score (nSPS) is 10.1. The van der Waals surface area contributed by atoms with Crippen LogP contribution in [0.2, 0.25) is 0 Å². The summed E-state index contributed by atoms with van der Waals surface area (Å²) in [6.07, 6.45) is 3.63. The van der Waals surface area contributed by atoms with Crippen LogP contribution in [-0.4, -0.2) is 22.2 Å². The van der Waals surface area contributed by atoms with Gasteiger partial charge >= 0.3 is 0 Å². The van der Waals surface area contributed by atoms with Gasteiger partial charge in [-0.15, -0.1) is 0 Å². The number of benzene rings is 1. The lowest BCUT2D eigenvalue weighted by molar-refractivity contribution is 0.100. The Morgan fingerprint density at radius 2 is 1.65 bits per heavy atom. The molecule has 0 saturated heterocycles. The minimum Gasteiger partial charge on any atom is -0.370 e. The molecule has 1 heterocycles. The first kappa shape index (κ1) is 13.5. The third kappa shape index (κ3) is 2.92. The van der Waals surface area contributed by atoms with Gasteiger partial charge in [0.05, 0.1) is 0 Å². The lowest BCUT2D eigenvalue weighted by atomic mass is 10.1. The molecule has 0 spiro atoms. The number of amides is 1. The van der Waals surface area contributed by atoms with Crippen LogP contribution in [0.15, 0.2) is 47.7 Å². The molecule has 102 valence electrons. The van der Waals surface area contributed by atoms with Gasteiger partial charge in [0.25, 0.3) is 5.91 Å². The number of ketones is 1. The molecule has 0 saturated carbocycles. The molecular formula is C14H14N4O2. The van der Waals surface area contributed by atoms with Crippen LogP contribution >= 0.6 is 0 Å². The van der Waals surface area contributed by atoms with E-state index in [1.165, 1.54) is 13.0 Å². The molecule has 0 fully saturated rings. The SMILES string of the molecule is CC(=O)c1cc(C(=O)N=C(N)N)cc(-n2cccc2)c1. The number of carbonyl (C=O) groups excluding carboxylic acids is 2. The van der Waals surface area contributed by atoms with Crippen LogP contribution in [0.5, 0.6) is 0 Å². The Morgan fingerprint density at radius 1 is 1.05 bits per heavy atom. The summed E-state index contributed by atoms with van der Waals surface area (Å²) >= 11 is 0. The highest BCUT2D eigenvalue weighted by atomic mass is 16.1. The van der Waals surface area contributed by atoms with Crippen LogP contribution in [0.4, 0.5) is 0 Å². The van der Waals surface area contributed by atoms with E-state index >= 15 is 0 Å². The Labute approximate surface area is 115 Å². The maximum atomic E-state index is 11.9. The second-order valence-corrected chi connectivity index (χ2v) is 4.26. The van der Waals surface area contributed by atoms with Gasteiger partial charge in [0.15, 0.2) is 11.7 Å². The number of carbonyl (C=O) groups is 2. The van der Waals surface area contributed by atoms with Crippen LogP contribution < -0.4 is 11.5 Å². The van der Waals surface area contributed by atoms with E-state index in [1.54, 1.807) is 16.7 Å². The van der Waals surface area contributed by atoms with Gasteiger partial charge in [0.2, 0.25) is 0 Å². The minimum absolute atomic E-state index is 0.141. The van der Waals surface area contributed by atoms with Crippen molar-refractivity contribution in [2.24, 2.45) is 16.5 Å². The standard InChI is InChI=1S/C14H14N4O2/c1-9(19)10-6-11(13(20)17-14(15)16)8-12(7-10)18-4-2-3-5-18/h2-8H,1H3,(H4,15,16,17,20). The van der Waals surface area contributed by atoms with E-state index in [1.807, 2.05) is 24.5 Å². The summed E-state index contributed by atoms with van der Waals surface area (Å²) in [5.41, 5.74) is 11.8. The summed E-state index contributed by atoms with van der Waals surface area (Å²) in [6.45, 7) is 1.43. The number of hydrogen-bond donors (Lipinski definition) is 2. The lowest BCUT2D eigenvalue weighted by Crippen LogP contribution is -2.24. The van der Waals surface area contributed by atoms with Crippen molar-refractivity contribution >= 4 is 17.6 Å². The maximum Gasteiger partial charge on any atom is 0.280 e. The summed E-state index contributed by atoms with van der Waals surface area (Å²) in [5.74, 6) is -1.04. The van der Waals surface area contributed by atoms with Crippen LogP contribution in [-0.2, 0) is 0 Å². The third-order valence-corrected chi connectivity index (χ3v) is 2.70. The number of rotatable bonds is 3. The van der Waals surface area contributed by atoms with E-state index in [9.17, 15) is 9.59 Å². The van der Waals surface area contributed by atoms with Crippen molar-refractivity contribution in [3.63, 3.8) is 0 Å². The second kappa shape index (κ2) is 5.40. The molecule has 0 radical (unpaired) electrons. The van der Waals surface area contributed by atoms with Crippen LogP contribution in [0, 0.1) is 0 Å². The van der Waals surface area contributed by atoms with Crippen molar-refractivity contribution in [2.75, 3.05) is 0 Å². The average Bonchev–Trinajstić information content (AvgIpc) is 2.91. The van der Waals surface area contributed by atoms with Gasteiger partial charge in [0.1, 0.15) is 0 Å². The fourth-order valence-electron chi connectivity index (χ4n) is 1.78. The fraction of sp³-hybridized carbons (Fsp3) is 0.0714. The number of aliphatic imine (C=N–C) groups is 1. The van der Waals surface area contributed by atoms with Crippen LogP contribution in [0.3, 0.4) is 0 Å². The number of aromatic nitrogens is 1. The highest BCUT2D eigenvalue weighted by molar-refractivity contribution is 6.04. The highest BCUT2D eigenvalue weighted by Crippen LogP contribution is 2.16. The maximum absolute atomic E-state index is 11.9. The first-order chi connectivity index (χ1) is 9.47. The van der Waals surface area contributed by atoms with E-state index < -0.39 is 5.91 Å². The van der Waals surface area contributed by atoms with Crippen molar-refractivity contribution in [2.45, 2.75) is 6.92 Å². The number of hydrogen-bond acceptors (Lipinski definition) is 2. The second-order valence-electron chi connectivity index (χ2n) is 4.26. The van der Waals surface area contributed by atoms with Gasteiger partial charge in [-0.05, 0) is 37.3 Å². The molecule has 2 aromatic rings. The lowest BCUT2D eigenvalue weighted by Gasteiger charge is -2.07. The smallest absolute Gasteiger partial charge is 0.280 e. The van der Waals surface area contributed by atoms with Gasteiger partial charge < -0.3 is 16.0 Å². The molecule has 6 heteroatoms. The quantitative estimate of drug-likeness (QED) is 0.495.